The SMILES string of the molecule is CC(=O)c1c(Nc2ccccc2Br)[nH]c2ccccc12. The Morgan fingerprint density at radius 3 is 2.55 bits per heavy atom. The zero-order valence-electron chi connectivity index (χ0n) is 10.9. The number of rotatable bonds is 3. The smallest absolute Gasteiger partial charge is 0.164 e. The fourth-order valence-electron chi connectivity index (χ4n) is 2.30. The van der Waals surface area contributed by atoms with Gasteiger partial charge >= 0.3 is 0 Å². The molecule has 2 aromatic carbocycles. The van der Waals surface area contributed by atoms with Gasteiger partial charge in [-0.15, -0.1) is 0 Å². The van der Waals surface area contributed by atoms with Gasteiger partial charge in [0.1, 0.15) is 5.82 Å². The molecule has 0 bridgehead atoms. The molecule has 2 N–H and O–H groups in total. The van der Waals surface area contributed by atoms with Crippen LogP contribution in [0.25, 0.3) is 10.9 Å². The van der Waals surface area contributed by atoms with Crippen molar-refractivity contribution in [1.29, 1.82) is 0 Å². The predicted octanol–water partition coefficient (Wildman–Crippen LogP) is 4.88. The fraction of sp³-hybridized carbons (Fsp3) is 0.0625. The van der Waals surface area contributed by atoms with Crippen LogP contribution in [0.1, 0.15) is 17.3 Å². The van der Waals surface area contributed by atoms with Crippen LogP contribution < -0.4 is 5.32 Å². The number of benzene rings is 2. The van der Waals surface area contributed by atoms with Crippen molar-refractivity contribution < 1.29 is 4.79 Å². The number of aromatic nitrogens is 1. The molecule has 0 aliphatic heterocycles. The number of hydrogen-bond donors (Lipinski definition) is 2. The molecular formula is C16H13BrN2O. The minimum Gasteiger partial charge on any atom is -0.341 e. The summed E-state index contributed by atoms with van der Waals surface area (Å²) in [6.45, 7) is 1.58. The van der Waals surface area contributed by atoms with Gasteiger partial charge in [-0.25, -0.2) is 0 Å². The Morgan fingerprint density at radius 1 is 1.10 bits per heavy atom. The number of anilines is 2. The zero-order valence-corrected chi connectivity index (χ0v) is 12.5. The number of fused-ring (bicyclic) bond motifs is 1. The highest BCUT2D eigenvalue weighted by Gasteiger charge is 2.15. The van der Waals surface area contributed by atoms with Crippen LogP contribution >= 0.6 is 15.9 Å². The highest BCUT2D eigenvalue weighted by Crippen LogP contribution is 2.31. The molecule has 3 aromatic rings. The predicted molar refractivity (Wildman–Crippen MR) is 85.7 cm³/mol. The summed E-state index contributed by atoms with van der Waals surface area (Å²) in [5.41, 5.74) is 2.56. The van der Waals surface area contributed by atoms with Crippen molar-refractivity contribution in [3.63, 3.8) is 0 Å². The lowest BCUT2D eigenvalue weighted by Gasteiger charge is -2.08. The second-order valence-electron chi connectivity index (χ2n) is 4.58. The van der Waals surface area contributed by atoms with Gasteiger partial charge in [-0.1, -0.05) is 30.3 Å². The maximum absolute atomic E-state index is 11.9. The van der Waals surface area contributed by atoms with E-state index in [0.717, 1.165) is 26.9 Å². The van der Waals surface area contributed by atoms with Gasteiger partial charge in [-0.05, 0) is 41.1 Å². The van der Waals surface area contributed by atoms with E-state index in [2.05, 4.69) is 26.2 Å². The van der Waals surface area contributed by atoms with Gasteiger partial charge < -0.3 is 10.3 Å². The quantitative estimate of drug-likeness (QED) is 0.673. The molecule has 20 heavy (non-hydrogen) atoms. The standard InChI is InChI=1S/C16H13BrN2O/c1-10(20)15-11-6-2-4-8-13(11)18-16(15)19-14-9-5-3-7-12(14)17/h2-9,18-19H,1H3. The van der Waals surface area contributed by atoms with Crippen LogP contribution in [0, 0.1) is 0 Å². The van der Waals surface area contributed by atoms with E-state index >= 15 is 0 Å². The van der Waals surface area contributed by atoms with Crippen molar-refractivity contribution in [2.75, 3.05) is 5.32 Å². The summed E-state index contributed by atoms with van der Waals surface area (Å²) in [6, 6.07) is 15.6. The van der Waals surface area contributed by atoms with E-state index in [1.807, 2.05) is 48.5 Å². The largest absolute Gasteiger partial charge is 0.341 e. The number of ketones is 1. The van der Waals surface area contributed by atoms with E-state index in [4.69, 9.17) is 0 Å². The first-order chi connectivity index (χ1) is 9.66. The molecule has 0 saturated carbocycles. The first-order valence-corrected chi connectivity index (χ1v) is 7.09. The lowest BCUT2D eigenvalue weighted by molar-refractivity contribution is 0.102. The van der Waals surface area contributed by atoms with E-state index in [0.29, 0.717) is 5.56 Å². The third-order valence-electron chi connectivity index (χ3n) is 3.19. The maximum atomic E-state index is 11.9. The second kappa shape index (κ2) is 5.13. The molecule has 3 rings (SSSR count). The number of H-pyrrole nitrogens is 1. The molecule has 0 aliphatic rings. The van der Waals surface area contributed by atoms with E-state index in [-0.39, 0.29) is 5.78 Å². The van der Waals surface area contributed by atoms with Crippen LogP contribution in [-0.2, 0) is 0 Å². The summed E-state index contributed by atoms with van der Waals surface area (Å²) in [4.78, 5) is 15.2. The van der Waals surface area contributed by atoms with Gasteiger partial charge in [0, 0.05) is 15.4 Å². The molecule has 1 heterocycles. The van der Waals surface area contributed by atoms with Crippen LogP contribution in [-0.4, -0.2) is 10.8 Å². The van der Waals surface area contributed by atoms with Crippen molar-refractivity contribution in [3.05, 3.63) is 58.6 Å². The van der Waals surface area contributed by atoms with Crippen LogP contribution in [0.4, 0.5) is 11.5 Å². The summed E-state index contributed by atoms with van der Waals surface area (Å²) in [6.07, 6.45) is 0. The molecule has 3 nitrogen and oxygen atoms in total. The van der Waals surface area contributed by atoms with Gasteiger partial charge in [-0.2, -0.15) is 0 Å². The fourth-order valence-corrected chi connectivity index (χ4v) is 2.68. The summed E-state index contributed by atoms with van der Waals surface area (Å²) in [5.74, 6) is 0.766. The second-order valence-corrected chi connectivity index (χ2v) is 5.44. The summed E-state index contributed by atoms with van der Waals surface area (Å²) >= 11 is 3.50. The Kier molecular flexibility index (Phi) is 3.32. The van der Waals surface area contributed by atoms with E-state index in [9.17, 15) is 4.79 Å². The number of carbonyl (C=O) groups excluding carboxylic acids is 1. The number of halogens is 1. The molecule has 1 aromatic heterocycles. The van der Waals surface area contributed by atoms with E-state index < -0.39 is 0 Å². The molecule has 0 fully saturated rings. The van der Waals surface area contributed by atoms with Crippen LogP contribution in [0.5, 0.6) is 0 Å². The van der Waals surface area contributed by atoms with Gasteiger partial charge in [0.2, 0.25) is 0 Å². The number of hydrogen-bond acceptors (Lipinski definition) is 2. The van der Waals surface area contributed by atoms with Crippen molar-refractivity contribution >= 4 is 44.1 Å². The van der Waals surface area contributed by atoms with Gasteiger partial charge in [0.15, 0.2) is 5.78 Å². The van der Waals surface area contributed by atoms with Gasteiger partial charge in [0.25, 0.3) is 0 Å². The first-order valence-electron chi connectivity index (χ1n) is 6.30. The molecular weight excluding hydrogens is 316 g/mol. The highest BCUT2D eigenvalue weighted by atomic mass is 79.9. The maximum Gasteiger partial charge on any atom is 0.164 e. The Morgan fingerprint density at radius 2 is 1.80 bits per heavy atom. The molecule has 0 radical (unpaired) electrons. The Hall–Kier alpha value is -2.07. The number of Topliss-reactive ketones (excluding diaryl/α,β-unsaturated/α-hetero) is 1. The molecule has 4 heteroatoms. The molecule has 0 spiro atoms. The van der Waals surface area contributed by atoms with Crippen molar-refractivity contribution in [1.82, 2.24) is 4.98 Å². The van der Waals surface area contributed by atoms with Gasteiger partial charge in [0.05, 0.1) is 11.3 Å². The Labute approximate surface area is 125 Å². The lowest BCUT2D eigenvalue weighted by atomic mass is 10.1. The van der Waals surface area contributed by atoms with Crippen LogP contribution in [0.3, 0.4) is 0 Å². The van der Waals surface area contributed by atoms with E-state index in [1.165, 1.54) is 0 Å². The average molecular weight is 329 g/mol. The summed E-state index contributed by atoms with van der Waals surface area (Å²) < 4.78 is 0.952. The average Bonchev–Trinajstić information content (AvgIpc) is 2.79. The third-order valence-corrected chi connectivity index (χ3v) is 3.88. The highest BCUT2D eigenvalue weighted by molar-refractivity contribution is 9.10. The first kappa shape index (κ1) is 12.9. The molecule has 100 valence electrons. The summed E-state index contributed by atoms with van der Waals surface area (Å²) in [7, 11) is 0. The number of para-hydroxylation sites is 2. The normalized spacial score (nSPS) is 10.7. The number of aromatic amines is 1. The lowest BCUT2D eigenvalue weighted by Crippen LogP contribution is -1.99. The minimum absolute atomic E-state index is 0.0389. The molecule has 0 unspecified atom stereocenters. The topological polar surface area (TPSA) is 44.9 Å². The van der Waals surface area contributed by atoms with Crippen LogP contribution in [0.2, 0.25) is 0 Å². The Balaban J connectivity index is 2.14. The van der Waals surface area contributed by atoms with Crippen LogP contribution in [0.15, 0.2) is 53.0 Å². The van der Waals surface area contributed by atoms with Gasteiger partial charge in [-0.3, -0.25) is 4.79 Å². The number of carbonyl (C=O) groups is 1. The third kappa shape index (κ3) is 2.23. The molecule has 0 saturated heterocycles. The van der Waals surface area contributed by atoms with Crippen molar-refractivity contribution in [2.45, 2.75) is 6.92 Å². The monoisotopic (exact) mass is 328 g/mol. The van der Waals surface area contributed by atoms with E-state index in [1.54, 1.807) is 6.92 Å². The van der Waals surface area contributed by atoms with Crippen molar-refractivity contribution in [3.8, 4) is 0 Å². The molecule has 0 aliphatic carbocycles. The summed E-state index contributed by atoms with van der Waals surface area (Å²) in [5, 5.41) is 4.23. The zero-order chi connectivity index (χ0) is 14.1. The van der Waals surface area contributed by atoms with Crippen molar-refractivity contribution in [2.24, 2.45) is 0 Å². The molecule has 0 amide bonds. The Bertz CT molecular complexity index is 792. The minimum atomic E-state index is 0.0389. The number of nitrogens with one attached hydrogen (secondary N) is 2. The molecule has 0 atom stereocenters.